The normalized spacial score (nSPS) is 23.8. The Morgan fingerprint density at radius 3 is 3.04 bits per heavy atom. The number of methoxy groups -OCH3 is 1. The molecule has 1 aliphatic heterocycles. The monoisotopic (exact) mass is 346 g/mol. The highest BCUT2D eigenvalue weighted by atomic mass is 32.1. The second-order valence-electron chi connectivity index (χ2n) is 6.73. The Labute approximate surface area is 145 Å². The predicted molar refractivity (Wildman–Crippen MR) is 91.1 cm³/mol. The zero-order valence-electron chi connectivity index (χ0n) is 13.8. The number of amides is 1. The van der Waals surface area contributed by atoms with E-state index >= 15 is 0 Å². The number of rotatable bonds is 6. The number of aromatic amines is 1. The molecule has 0 bridgehead atoms. The maximum Gasteiger partial charge on any atom is 0.227 e. The van der Waals surface area contributed by atoms with Gasteiger partial charge in [-0.2, -0.15) is 5.10 Å². The molecule has 2 aromatic heterocycles. The molecule has 1 saturated carbocycles. The fraction of sp³-hybridized carbons (Fsp3) is 0.588. The van der Waals surface area contributed by atoms with Crippen LogP contribution in [0.5, 0.6) is 0 Å². The van der Waals surface area contributed by atoms with Gasteiger partial charge < -0.3 is 9.64 Å². The molecule has 2 atom stereocenters. The Morgan fingerprint density at radius 1 is 1.46 bits per heavy atom. The smallest absolute Gasteiger partial charge is 0.227 e. The van der Waals surface area contributed by atoms with Crippen LogP contribution in [-0.4, -0.2) is 52.8 Å². The van der Waals surface area contributed by atoms with E-state index in [9.17, 15) is 4.79 Å². The summed E-state index contributed by atoms with van der Waals surface area (Å²) in [5.41, 5.74) is 0. The van der Waals surface area contributed by atoms with Gasteiger partial charge in [0.25, 0.3) is 0 Å². The number of ether oxygens (including phenoxy) is 1. The molecule has 7 heteroatoms. The molecule has 1 aliphatic carbocycles. The van der Waals surface area contributed by atoms with E-state index in [0.717, 1.165) is 23.1 Å². The summed E-state index contributed by atoms with van der Waals surface area (Å²) < 4.78 is 5.38. The number of nitrogens with zero attached hydrogens (tertiary/aromatic N) is 3. The van der Waals surface area contributed by atoms with Gasteiger partial charge in [-0.1, -0.05) is 6.07 Å². The zero-order valence-corrected chi connectivity index (χ0v) is 14.6. The van der Waals surface area contributed by atoms with Crippen LogP contribution in [0.15, 0.2) is 17.5 Å². The summed E-state index contributed by atoms with van der Waals surface area (Å²) in [6.07, 6.45) is 2.86. The Kier molecular flexibility index (Phi) is 4.37. The lowest BCUT2D eigenvalue weighted by Gasteiger charge is -2.15. The van der Waals surface area contributed by atoms with Gasteiger partial charge in [0.05, 0.1) is 13.0 Å². The van der Waals surface area contributed by atoms with Crippen molar-refractivity contribution in [1.82, 2.24) is 20.1 Å². The van der Waals surface area contributed by atoms with Crippen LogP contribution in [0.2, 0.25) is 0 Å². The van der Waals surface area contributed by atoms with Gasteiger partial charge in [-0.25, -0.2) is 4.98 Å². The summed E-state index contributed by atoms with van der Waals surface area (Å²) in [6, 6.07) is 4.00. The number of carbonyl (C=O) groups excluding carboxylic acids is 1. The standard InChI is InChI=1S/C17H22N4O2S/c1-23-10-12-8-21(15(22)7-13-3-2-6-24-13)9-14(12)17-18-16(19-20-17)11-4-5-11/h2-3,6,11-12,14H,4-5,7-10H2,1H3,(H,18,19,20)/t12-,14+/m0/s1. The van der Waals surface area contributed by atoms with Gasteiger partial charge >= 0.3 is 0 Å². The first-order chi connectivity index (χ1) is 11.7. The van der Waals surface area contributed by atoms with Crippen molar-refractivity contribution in [3.05, 3.63) is 34.0 Å². The number of aromatic nitrogens is 3. The fourth-order valence-corrected chi connectivity index (χ4v) is 4.12. The molecule has 0 unspecified atom stereocenters. The van der Waals surface area contributed by atoms with Crippen LogP contribution in [0.3, 0.4) is 0 Å². The minimum Gasteiger partial charge on any atom is -0.384 e. The van der Waals surface area contributed by atoms with Crippen molar-refractivity contribution in [2.45, 2.75) is 31.1 Å². The van der Waals surface area contributed by atoms with Crippen molar-refractivity contribution in [2.24, 2.45) is 5.92 Å². The van der Waals surface area contributed by atoms with E-state index in [1.165, 1.54) is 12.8 Å². The van der Waals surface area contributed by atoms with E-state index in [2.05, 4.69) is 10.2 Å². The van der Waals surface area contributed by atoms with Gasteiger partial charge in [0.1, 0.15) is 5.82 Å². The Balaban J connectivity index is 1.47. The maximum absolute atomic E-state index is 12.6. The number of H-pyrrole nitrogens is 1. The molecule has 1 amide bonds. The molecule has 2 aliphatic rings. The largest absolute Gasteiger partial charge is 0.384 e. The lowest BCUT2D eigenvalue weighted by Crippen LogP contribution is -2.30. The molecular weight excluding hydrogens is 324 g/mol. The van der Waals surface area contributed by atoms with Gasteiger partial charge in [0, 0.05) is 42.8 Å². The molecule has 1 N–H and O–H groups in total. The van der Waals surface area contributed by atoms with Crippen molar-refractivity contribution >= 4 is 17.2 Å². The second kappa shape index (κ2) is 6.64. The zero-order chi connectivity index (χ0) is 16.5. The Bertz CT molecular complexity index is 695. The third-order valence-corrected chi connectivity index (χ3v) is 5.77. The molecule has 1 saturated heterocycles. The van der Waals surface area contributed by atoms with Gasteiger partial charge in [0.2, 0.25) is 5.91 Å². The molecule has 0 spiro atoms. The molecule has 0 radical (unpaired) electrons. The van der Waals surface area contributed by atoms with Gasteiger partial charge in [-0.15, -0.1) is 11.3 Å². The van der Waals surface area contributed by atoms with Crippen LogP contribution in [0.4, 0.5) is 0 Å². The van der Waals surface area contributed by atoms with Gasteiger partial charge in [0.15, 0.2) is 5.82 Å². The van der Waals surface area contributed by atoms with E-state index in [1.54, 1.807) is 18.4 Å². The summed E-state index contributed by atoms with van der Waals surface area (Å²) in [5.74, 6) is 3.01. The van der Waals surface area contributed by atoms with Crippen molar-refractivity contribution < 1.29 is 9.53 Å². The molecule has 2 aromatic rings. The summed E-state index contributed by atoms with van der Waals surface area (Å²) in [4.78, 5) is 20.4. The quantitative estimate of drug-likeness (QED) is 0.870. The number of hydrogen-bond acceptors (Lipinski definition) is 5. The average molecular weight is 346 g/mol. The third kappa shape index (κ3) is 3.23. The number of likely N-dealkylation sites (tertiary alicyclic amines) is 1. The molecule has 24 heavy (non-hydrogen) atoms. The summed E-state index contributed by atoms with van der Waals surface area (Å²) in [5, 5.41) is 9.49. The molecule has 2 fully saturated rings. The summed E-state index contributed by atoms with van der Waals surface area (Å²) >= 11 is 1.63. The lowest BCUT2D eigenvalue weighted by atomic mass is 9.96. The van der Waals surface area contributed by atoms with Crippen LogP contribution in [0.25, 0.3) is 0 Å². The highest BCUT2D eigenvalue weighted by molar-refractivity contribution is 7.10. The SMILES string of the molecule is COC[C@@H]1CN(C(=O)Cc2cccs2)C[C@H]1c1nc(C2CC2)n[nH]1. The molecule has 4 rings (SSSR count). The molecule has 0 aromatic carbocycles. The van der Waals surface area contributed by atoms with Crippen molar-refractivity contribution in [1.29, 1.82) is 0 Å². The highest BCUT2D eigenvalue weighted by Gasteiger charge is 2.39. The Hall–Kier alpha value is -1.73. The van der Waals surface area contributed by atoms with E-state index < -0.39 is 0 Å². The van der Waals surface area contributed by atoms with E-state index in [0.29, 0.717) is 25.5 Å². The summed E-state index contributed by atoms with van der Waals surface area (Å²) in [7, 11) is 1.71. The van der Waals surface area contributed by atoms with Crippen LogP contribution < -0.4 is 0 Å². The van der Waals surface area contributed by atoms with Crippen LogP contribution in [0, 0.1) is 5.92 Å². The van der Waals surface area contributed by atoms with E-state index in [1.807, 2.05) is 22.4 Å². The lowest BCUT2D eigenvalue weighted by molar-refractivity contribution is -0.129. The number of carbonyl (C=O) groups is 1. The first-order valence-corrected chi connectivity index (χ1v) is 9.34. The highest BCUT2D eigenvalue weighted by Crippen LogP contribution is 2.39. The maximum atomic E-state index is 12.6. The predicted octanol–water partition coefficient (Wildman–Crippen LogP) is 2.17. The van der Waals surface area contributed by atoms with Gasteiger partial charge in [-0.05, 0) is 24.3 Å². The van der Waals surface area contributed by atoms with Crippen molar-refractivity contribution in [3.63, 3.8) is 0 Å². The van der Waals surface area contributed by atoms with Crippen LogP contribution in [0.1, 0.15) is 41.2 Å². The van der Waals surface area contributed by atoms with E-state index in [4.69, 9.17) is 9.72 Å². The average Bonchev–Trinajstić information content (AvgIpc) is 3.00. The molecular formula is C17H22N4O2S. The topological polar surface area (TPSA) is 71.1 Å². The molecule has 128 valence electrons. The first kappa shape index (κ1) is 15.8. The molecule has 3 heterocycles. The van der Waals surface area contributed by atoms with Crippen molar-refractivity contribution in [3.8, 4) is 0 Å². The minimum absolute atomic E-state index is 0.178. The number of nitrogens with one attached hydrogen (secondary N) is 1. The molecule has 6 nitrogen and oxygen atoms in total. The summed E-state index contributed by atoms with van der Waals surface area (Å²) in [6.45, 7) is 2.05. The number of thiophene rings is 1. The Morgan fingerprint density at radius 2 is 2.33 bits per heavy atom. The fourth-order valence-electron chi connectivity index (χ4n) is 3.42. The second-order valence-corrected chi connectivity index (χ2v) is 7.76. The van der Waals surface area contributed by atoms with Crippen LogP contribution >= 0.6 is 11.3 Å². The first-order valence-electron chi connectivity index (χ1n) is 8.46. The van der Waals surface area contributed by atoms with Crippen molar-refractivity contribution in [2.75, 3.05) is 26.8 Å². The number of hydrogen-bond donors (Lipinski definition) is 1. The minimum atomic E-state index is 0.178. The van der Waals surface area contributed by atoms with E-state index in [-0.39, 0.29) is 17.7 Å². The third-order valence-electron chi connectivity index (χ3n) is 4.89. The van der Waals surface area contributed by atoms with Gasteiger partial charge in [-0.3, -0.25) is 9.89 Å². The van der Waals surface area contributed by atoms with Crippen LogP contribution in [-0.2, 0) is 16.0 Å².